The second kappa shape index (κ2) is 10.6. The van der Waals surface area contributed by atoms with Crippen molar-refractivity contribution >= 4 is 30.4 Å². The maximum absolute atomic E-state index is 12.7. The first-order valence-electron chi connectivity index (χ1n) is 9.61. The quantitative estimate of drug-likeness (QED) is 0.226. The minimum absolute atomic E-state index is 0.130. The zero-order valence-electron chi connectivity index (χ0n) is 16.7. The number of allylic oxidation sites excluding steroid dienone is 2. The summed E-state index contributed by atoms with van der Waals surface area (Å²) in [5.41, 5.74) is 5.83. The van der Waals surface area contributed by atoms with Gasteiger partial charge in [-0.05, 0) is 23.6 Å². The number of nitrogens with zero attached hydrogens (tertiary/aromatic N) is 1. The number of fused-ring (bicyclic) bond motifs is 3. The number of hydrogen-bond acceptors (Lipinski definition) is 7. The van der Waals surface area contributed by atoms with Crippen molar-refractivity contribution in [1.29, 1.82) is 0 Å². The van der Waals surface area contributed by atoms with Crippen LogP contribution < -0.4 is 16.1 Å². The van der Waals surface area contributed by atoms with Crippen LogP contribution >= 0.6 is 12.6 Å². The average Bonchev–Trinajstić information content (AvgIpc) is 3.11. The van der Waals surface area contributed by atoms with Gasteiger partial charge in [-0.2, -0.15) is 17.7 Å². The van der Waals surface area contributed by atoms with Crippen molar-refractivity contribution in [2.45, 2.75) is 29.8 Å². The number of anilines is 1. The van der Waals surface area contributed by atoms with Gasteiger partial charge in [-0.15, -0.1) is 0 Å². The predicted molar refractivity (Wildman–Crippen MR) is 119 cm³/mol. The molecule has 0 bridgehead atoms. The third-order valence-electron chi connectivity index (χ3n) is 5.08. The number of para-hydroxylation sites is 1. The zero-order valence-corrected chi connectivity index (χ0v) is 17.6. The van der Waals surface area contributed by atoms with Crippen LogP contribution in [0.1, 0.15) is 17.9 Å². The Balaban J connectivity index is 1.61. The third-order valence-corrected chi connectivity index (χ3v) is 5.55. The molecule has 2 heterocycles. The molecule has 7 nitrogen and oxygen atoms in total. The summed E-state index contributed by atoms with van der Waals surface area (Å²) in [6.07, 6.45) is 7.89. The fourth-order valence-electron chi connectivity index (χ4n) is 3.68. The molecule has 2 aliphatic heterocycles. The molecule has 0 aromatic heterocycles. The summed E-state index contributed by atoms with van der Waals surface area (Å²) < 4.78 is 10.1. The number of ether oxygens (including phenoxy) is 2. The van der Waals surface area contributed by atoms with Crippen molar-refractivity contribution in [2.24, 2.45) is 5.10 Å². The Morgan fingerprint density at radius 1 is 1.31 bits per heavy atom. The molecule has 0 saturated carbocycles. The summed E-state index contributed by atoms with van der Waals surface area (Å²) in [4.78, 5) is 12.7. The van der Waals surface area contributed by atoms with Crippen molar-refractivity contribution < 1.29 is 14.3 Å². The first-order chi connectivity index (χ1) is 14.1. The van der Waals surface area contributed by atoms with Crippen LogP contribution in [0.3, 0.4) is 0 Å². The number of hydrazone groups is 1. The number of rotatable bonds is 8. The third kappa shape index (κ3) is 5.48. The highest BCUT2D eigenvalue weighted by molar-refractivity contribution is 7.81. The minimum Gasteiger partial charge on any atom is -0.381 e. The van der Waals surface area contributed by atoms with E-state index in [1.54, 1.807) is 20.4 Å². The molecule has 3 N–H and O–H groups in total. The maximum atomic E-state index is 12.7. The molecule has 4 atom stereocenters. The largest absolute Gasteiger partial charge is 0.381 e. The molecule has 0 radical (unpaired) electrons. The van der Waals surface area contributed by atoms with Gasteiger partial charge >= 0.3 is 0 Å². The second-order valence-corrected chi connectivity index (χ2v) is 7.57. The predicted octanol–water partition coefficient (Wildman–Crippen LogP) is 2.06. The molecule has 0 aliphatic carbocycles. The molecule has 2 aliphatic rings. The maximum Gasteiger partial charge on any atom is 0.257 e. The Morgan fingerprint density at radius 3 is 2.90 bits per heavy atom. The lowest BCUT2D eigenvalue weighted by Gasteiger charge is -2.36. The number of hydrogen-bond donors (Lipinski definition) is 4. The van der Waals surface area contributed by atoms with E-state index in [1.807, 2.05) is 30.4 Å². The average molecular weight is 417 g/mol. The molecule has 8 heteroatoms. The van der Waals surface area contributed by atoms with E-state index in [-0.39, 0.29) is 29.3 Å². The van der Waals surface area contributed by atoms with Crippen molar-refractivity contribution in [3.05, 3.63) is 53.6 Å². The van der Waals surface area contributed by atoms with E-state index in [0.29, 0.717) is 19.6 Å². The minimum atomic E-state index is -0.362. The summed E-state index contributed by atoms with van der Waals surface area (Å²) in [7, 11) is 3.25. The Kier molecular flexibility index (Phi) is 7.88. The molecule has 1 aromatic rings. The van der Waals surface area contributed by atoms with Gasteiger partial charge < -0.3 is 14.8 Å². The van der Waals surface area contributed by atoms with Crippen LogP contribution in [-0.4, -0.2) is 57.0 Å². The molecule has 1 unspecified atom stereocenters. The zero-order chi connectivity index (χ0) is 20.6. The Morgan fingerprint density at radius 2 is 2.10 bits per heavy atom. The SMILES string of the molecule is COC\C=C/C(/C=N/NC(=O)[C@@H]1C[C@@H]2c3ccccc3NC2[C@H](S)N1)=C\COC. The van der Waals surface area contributed by atoms with Gasteiger partial charge in [0.2, 0.25) is 0 Å². The van der Waals surface area contributed by atoms with Gasteiger partial charge in [0.1, 0.15) is 0 Å². The van der Waals surface area contributed by atoms with E-state index < -0.39 is 0 Å². The Labute approximate surface area is 177 Å². The van der Waals surface area contributed by atoms with Crippen LogP contribution in [0.25, 0.3) is 0 Å². The highest BCUT2D eigenvalue weighted by atomic mass is 32.1. The number of nitrogens with one attached hydrogen (secondary N) is 3. The first-order valence-corrected chi connectivity index (χ1v) is 10.1. The van der Waals surface area contributed by atoms with E-state index in [9.17, 15) is 4.79 Å². The van der Waals surface area contributed by atoms with Crippen LogP contribution in [-0.2, 0) is 14.3 Å². The van der Waals surface area contributed by atoms with Crippen LogP contribution in [0.5, 0.6) is 0 Å². The smallest absolute Gasteiger partial charge is 0.257 e. The highest BCUT2D eigenvalue weighted by Crippen LogP contribution is 2.42. The summed E-state index contributed by atoms with van der Waals surface area (Å²) in [6.45, 7) is 0.950. The lowest BCUT2D eigenvalue weighted by Crippen LogP contribution is -2.56. The van der Waals surface area contributed by atoms with E-state index in [0.717, 1.165) is 11.3 Å². The van der Waals surface area contributed by atoms with Crippen molar-refractivity contribution in [2.75, 3.05) is 32.8 Å². The second-order valence-electron chi connectivity index (χ2n) is 7.02. The molecule has 1 amide bonds. The Hall–Kier alpha value is -2.13. The number of methoxy groups -OCH3 is 2. The molecule has 29 heavy (non-hydrogen) atoms. The van der Waals surface area contributed by atoms with E-state index in [4.69, 9.17) is 9.47 Å². The van der Waals surface area contributed by atoms with Gasteiger partial charge in [-0.3, -0.25) is 10.1 Å². The number of benzene rings is 1. The van der Waals surface area contributed by atoms with E-state index >= 15 is 0 Å². The van der Waals surface area contributed by atoms with Crippen molar-refractivity contribution in [3.63, 3.8) is 0 Å². The van der Waals surface area contributed by atoms with Gasteiger partial charge in [0, 0.05) is 25.8 Å². The molecule has 1 saturated heterocycles. The standard InChI is InChI=1S/C21H28N4O3S/c1-27-10-5-6-14(9-11-28-2)13-22-25-20(26)18-12-16-15-7-3-4-8-17(15)23-19(16)21(29)24-18/h3-9,13,16,18-19,21,23-24,29H,10-12H2,1-2H3,(H,25,26)/b6-5-,14-9+,22-13+/t16-,18+,19?,21+/m1/s1. The summed E-state index contributed by atoms with van der Waals surface area (Å²) in [6, 6.07) is 8.03. The summed E-state index contributed by atoms with van der Waals surface area (Å²) in [5.74, 6) is 0.0684. The summed E-state index contributed by atoms with van der Waals surface area (Å²) in [5, 5.41) is 10.8. The number of piperidine rings is 1. The molecule has 1 fully saturated rings. The molecule has 0 spiro atoms. The van der Waals surface area contributed by atoms with E-state index in [2.05, 4.69) is 45.9 Å². The normalized spacial score (nSPS) is 26.4. The molecular formula is C21H28N4O3S. The number of carbonyl (C=O) groups is 1. The topological polar surface area (TPSA) is 84.0 Å². The lowest BCUT2D eigenvalue weighted by molar-refractivity contribution is -0.123. The highest BCUT2D eigenvalue weighted by Gasteiger charge is 2.43. The van der Waals surface area contributed by atoms with Crippen LogP contribution in [0.15, 0.2) is 53.2 Å². The summed E-state index contributed by atoms with van der Waals surface area (Å²) >= 11 is 4.67. The fourth-order valence-corrected chi connectivity index (χ4v) is 4.15. The van der Waals surface area contributed by atoms with Crippen LogP contribution in [0, 0.1) is 0 Å². The number of amides is 1. The molecule has 3 rings (SSSR count). The van der Waals surface area contributed by atoms with Gasteiger partial charge in [0.25, 0.3) is 5.91 Å². The van der Waals surface area contributed by atoms with Crippen LogP contribution in [0.4, 0.5) is 5.69 Å². The monoisotopic (exact) mass is 416 g/mol. The van der Waals surface area contributed by atoms with E-state index in [1.165, 1.54) is 5.56 Å². The van der Waals surface area contributed by atoms with Gasteiger partial charge in [-0.1, -0.05) is 36.4 Å². The number of thiol groups is 1. The van der Waals surface area contributed by atoms with Gasteiger partial charge in [-0.25, -0.2) is 5.43 Å². The lowest BCUT2D eigenvalue weighted by atomic mass is 9.85. The number of carbonyl (C=O) groups excluding carboxylic acids is 1. The Bertz CT molecular complexity index is 796. The fraction of sp³-hybridized carbons (Fsp3) is 0.429. The first kappa shape index (κ1) is 21.6. The van der Waals surface area contributed by atoms with Crippen molar-refractivity contribution in [3.8, 4) is 0 Å². The molecular weight excluding hydrogens is 388 g/mol. The van der Waals surface area contributed by atoms with Crippen LogP contribution in [0.2, 0.25) is 0 Å². The van der Waals surface area contributed by atoms with Crippen molar-refractivity contribution in [1.82, 2.24) is 10.7 Å². The van der Waals surface area contributed by atoms with Gasteiger partial charge in [0.15, 0.2) is 0 Å². The molecule has 156 valence electrons. The van der Waals surface area contributed by atoms with Gasteiger partial charge in [0.05, 0.1) is 36.9 Å². The molecule has 1 aromatic carbocycles.